The van der Waals surface area contributed by atoms with Crippen molar-refractivity contribution in [1.82, 2.24) is 4.31 Å². The summed E-state index contributed by atoms with van der Waals surface area (Å²) >= 11 is 1.24. The number of nitrogens with zero attached hydrogens (tertiary/aromatic N) is 1. The van der Waals surface area contributed by atoms with E-state index in [-0.39, 0.29) is 34.9 Å². The standard InChI is InChI=1S/C19H25N3O5S2/c1-6-22(7-2)29(25,26)15-10-13(8-9-14(15)27-5)18(24)21-19-16(17(20)23)11(3)12(4)28-19/h8-10H,6-7H2,1-5H3,(H2,20,23)(H,21,24). The van der Waals surface area contributed by atoms with Crippen LogP contribution in [0.4, 0.5) is 5.00 Å². The molecular formula is C19H25N3O5S2. The van der Waals surface area contributed by atoms with E-state index >= 15 is 0 Å². The Morgan fingerprint density at radius 3 is 2.34 bits per heavy atom. The Morgan fingerprint density at radius 2 is 1.83 bits per heavy atom. The van der Waals surface area contributed by atoms with Crippen molar-refractivity contribution in [2.75, 3.05) is 25.5 Å². The first kappa shape index (κ1) is 22.9. The van der Waals surface area contributed by atoms with Gasteiger partial charge in [0.25, 0.3) is 11.8 Å². The van der Waals surface area contributed by atoms with Crippen LogP contribution in [0.1, 0.15) is 45.0 Å². The highest BCUT2D eigenvalue weighted by Gasteiger charge is 2.27. The van der Waals surface area contributed by atoms with Crippen molar-refractivity contribution in [3.8, 4) is 5.75 Å². The number of benzene rings is 1. The summed E-state index contributed by atoms with van der Waals surface area (Å²) in [4.78, 5) is 25.3. The molecule has 0 saturated heterocycles. The maximum atomic E-state index is 13.0. The Bertz CT molecular complexity index is 1040. The first-order chi connectivity index (χ1) is 13.6. The van der Waals surface area contributed by atoms with Crippen molar-refractivity contribution in [3.63, 3.8) is 0 Å². The van der Waals surface area contributed by atoms with E-state index in [4.69, 9.17) is 10.5 Å². The lowest BCUT2D eigenvalue weighted by Crippen LogP contribution is -2.31. The SMILES string of the molecule is CCN(CC)S(=O)(=O)c1cc(C(=O)Nc2sc(C)c(C)c2C(N)=O)ccc1OC. The lowest BCUT2D eigenvalue weighted by molar-refractivity contribution is 0.100. The molecule has 3 N–H and O–H groups in total. The summed E-state index contributed by atoms with van der Waals surface area (Å²) in [6.45, 7) is 7.62. The smallest absolute Gasteiger partial charge is 0.256 e. The molecule has 0 aliphatic rings. The predicted molar refractivity (Wildman–Crippen MR) is 113 cm³/mol. The van der Waals surface area contributed by atoms with Crippen LogP contribution in [0.5, 0.6) is 5.75 Å². The van der Waals surface area contributed by atoms with Crippen LogP contribution in [0.3, 0.4) is 0 Å². The molecule has 2 amide bonds. The van der Waals surface area contributed by atoms with Crippen LogP contribution in [0, 0.1) is 13.8 Å². The van der Waals surface area contributed by atoms with Gasteiger partial charge in [-0.05, 0) is 37.6 Å². The van der Waals surface area contributed by atoms with Gasteiger partial charge < -0.3 is 15.8 Å². The average Bonchev–Trinajstić information content (AvgIpc) is 2.95. The van der Waals surface area contributed by atoms with Gasteiger partial charge in [-0.15, -0.1) is 11.3 Å². The molecule has 1 heterocycles. The van der Waals surface area contributed by atoms with Crippen LogP contribution in [-0.2, 0) is 10.0 Å². The number of anilines is 1. The summed E-state index contributed by atoms with van der Waals surface area (Å²) in [6, 6.07) is 4.18. The van der Waals surface area contributed by atoms with Gasteiger partial charge in [-0.2, -0.15) is 4.31 Å². The molecule has 1 aromatic carbocycles. The first-order valence-corrected chi connectivity index (χ1v) is 11.2. The number of nitrogens with one attached hydrogen (secondary N) is 1. The number of aryl methyl sites for hydroxylation is 1. The molecular weight excluding hydrogens is 414 g/mol. The monoisotopic (exact) mass is 439 g/mol. The Morgan fingerprint density at radius 1 is 1.21 bits per heavy atom. The molecule has 0 fully saturated rings. The van der Waals surface area contributed by atoms with Crippen molar-refractivity contribution < 1.29 is 22.7 Å². The van der Waals surface area contributed by atoms with Gasteiger partial charge in [-0.3, -0.25) is 9.59 Å². The molecule has 0 unspecified atom stereocenters. The number of hydrogen-bond donors (Lipinski definition) is 2. The summed E-state index contributed by atoms with van der Waals surface area (Å²) in [5.41, 5.74) is 6.52. The fraction of sp³-hybridized carbons (Fsp3) is 0.368. The number of primary amides is 1. The Balaban J connectivity index is 2.48. The van der Waals surface area contributed by atoms with Gasteiger partial charge in [0.1, 0.15) is 15.6 Å². The molecule has 2 aromatic rings. The van der Waals surface area contributed by atoms with E-state index in [9.17, 15) is 18.0 Å². The van der Waals surface area contributed by atoms with Crippen LogP contribution in [0.25, 0.3) is 0 Å². The van der Waals surface area contributed by atoms with E-state index in [0.29, 0.717) is 10.6 Å². The van der Waals surface area contributed by atoms with E-state index in [1.165, 1.54) is 41.0 Å². The van der Waals surface area contributed by atoms with E-state index < -0.39 is 21.8 Å². The zero-order chi connectivity index (χ0) is 21.9. The quantitative estimate of drug-likeness (QED) is 0.655. The number of methoxy groups -OCH3 is 1. The highest BCUT2D eigenvalue weighted by Crippen LogP contribution is 2.33. The van der Waals surface area contributed by atoms with Crippen LogP contribution in [-0.4, -0.2) is 44.7 Å². The van der Waals surface area contributed by atoms with Gasteiger partial charge >= 0.3 is 0 Å². The van der Waals surface area contributed by atoms with Gasteiger partial charge in [0.15, 0.2) is 0 Å². The van der Waals surface area contributed by atoms with Crippen LogP contribution < -0.4 is 15.8 Å². The molecule has 0 radical (unpaired) electrons. The number of carbonyl (C=O) groups is 2. The lowest BCUT2D eigenvalue weighted by Gasteiger charge is -2.20. The number of ether oxygens (including phenoxy) is 1. The van der Waals surface area contributed by atoms with Gasteiger partial charge in [0, 0.05) is 23.5 Å². The summed E-state index contributed by atoms with van der Waals surface area (Å²) < 4.78 is 32.4. The van der Waals surface area contributed by atoms with Crippen molar-refractivity contribution >= 4 is 38.2 Å². The van der Waals surface area contributed by atoms with E-state index in [1.54, 1.807) is 20.8 Å². The van der Waals surface area contributed by atoms with Gasteiger partial charge in [0.05, 0.1) is 12.7 Å². The molecule has 2 rings (SSSR count). The van der Waals surface area contributed by atoms with Crippen LogP contribution >= 0.6 is 11.3 Å². The maximum absolute atomic E-state index is 13.0. The number of sulfonamides is 1. The zero-order valence-electron chi connectivity index (χ0n) is 17.0. The number of amides is 2. The summed E-state index contributed by atoms with van der Waals surface area (Å²) in [5.74, 6) is -1.04. The van der Waals surface area contributed by atoms with Crippen molar-refractivity contribution in [1.29, 1.82) is 0 Å². The molecule has 158 valence electrons. The van der Waals surface area contributed by atoms with Crippen LogP contribution in [0.2, 0.25) is 0 Å². The molecule has 0 bridgehead atoms. The highest BCUT2D eigenvalue weighted by molar-refractivity contribution is 7.89. The fourth-order valence-corrected chi connectivity index (χ4v) is 5.61. The van der Waals surface area contributed by atoms with E-state index in [2.05, 4.69) is 5.32 Å². The number of nitrogens with two attached hydrogens (primary N) is 1. The van der Waals surface area contributed by atoms with Crippen molar-refractivity contribution in [3.05, 3.63) is 39.8 Å². The first-order valence-electron chi connectivity index (χ1n) is 8.97. The molecule has 0 atom stereocenters. The zero-order valence-corrected chi connectivity index (χ0v) is 18.7. The lowest BCUT2D eigenvalue weighted by atomic mass is 10.1. The second-order valence-electron chi connectivity index (χ2n) is 6.26. The van der Waals surface area contributed by atoms with Gasteiger partial charge in [0.2, 0.25) is 10.0 Å². The van der Waals surface area contributed by atoms with E-state index in [0.717, 1.165) is 4.88 Å². The second kappa shape index (κ2) is 8.93. The highest BCUT2D eigenvalue weighted by atomic mass is 32.2. The summed E-state index contributed by atoms with van der Waals surface area (Å²) in [7, 11) is -2.47. The Hall–Kier alpha value is -2.43. The third kappa shape index (κ3) is 4.44. The second-order valence-corrected chi connectivity index (χ2v) is 9.39. The summed E-state index contributed by atoms with van der Waals surface area (Å²) in [5, 5.41) is 3.01. The topological polar surface area (TPSA) is 119 Å². The molecule has 0 aliphatic heterocycles. The van der Waals surface area contributed by atoms with Crippen LogP contribution in [0.15, 0.2) is 23.1 Å². The van der Waals surface area contributed by atoms with Crippen molar-refractivity contribution in [2.24, 2.45) is 5.73 Å². The van der Waals surface area contributed by atoms with Gasteiger partial charge in [-0.25, -0.2) is 8.42 Å². The minimum atomic E-state index is -3.84. The number of hydrogen-bond acceptors (Lipinski definition) is 6. The minimum absolute atomic E-state index is 0.0926. The molecule has 29 heavy (non-hydrogen) atoms. The normalized spacial score (nSPS) is 11.5. The number of rotatable bonds is 8. The average molecular weight is 440 g/mol. The molecule has 0 spiro atoms. The number of carbonyl (C=O) groups excluding carboxylic acids is 2. The largest absolute Gasteiger partial charge is 0.495 e. The molecule has 1 aromatic heterocycles. The third-order valence-electron chi connectivity index (χ3n) is 4.61. The van der Waals surface area contributed by atoms with Gasteiger partial charge in [-0.1, -0.05) is 13.8 Å². The third-order valence-corrected chi connectivity index (χ3v) is 7.80. The maximum Gasteiger partial charge on any atom is 0.256 e. The Kier molecular flexibility index (Phi) is 7.04. The fourth-order valence-electron chi connectivity index (χ4n) is 2.91. The Labute approximate surface area is 174 Å². The predicted octanol–water partition coefficient (Wildman–Crippen LogP) is 2.76. The molecule has 8 nitrogen and oxygen atoms in total. The molecule has 0 saturated carbocycles. The number of thiophene rings is 1. The summed E-state index contributed by atoms with van der Waals surface area (Å²) in [6.07, 6.45) is 0. The van der Waals surface area contributed by atoms with Crippen molar-refractivity contribution in [2.45, 2.75) is 32.6 Å². The van der Waals surface area contributed by atoms with E-state index in [1.807, 2.05) is 6.92 Å². The molecule has 10 heteroatoms. The minimum Gasteiger partial charge on any atom is -0.495 e. The molecule has 0 aliphatic carbocycles.